The molecule has 0 fully saturated rings. The van der Waals surface area contributed by atoms with Crippen molar-refractivity contribution in [3.05, 3.63) is 66.3 Å². The Balaban J connectivity index is -0.000000193. The summed E-state index contributed by atoms with van der Waals surface area (Å²) < 4.78 is 4.49. The fraction of sp³-hybridized carbons (Fsp3) is 0.421. The number of hydrogen-bond acceptors (Lipinski definition) is 0. The SMILES string of the molecule is CC.CC.CP.CPP.C[C-]1[n+]2ccccc2Cc2cccc[n+]21.[Ar].[Y]. The predicted octanol–water partition coefficient (Wildman–Crippen LogP) is 4.70. The summed E-state index contributed by atoms with van der Waals surface area (Å²) in [6.45, 7) is 14.2. The molecule has 3 rings (SSSR count). The normalized spacial score (nSPS) is 9.50. The van der Waals surface area contributed by atoms with Crippen LogP contribution in [0.2, 0.25) is 0 Å². The summed E-state index contributed by atoms with van der Waals surface area (Å²) in [4.78, 5) is 0. The molecule has 2 aromatic rings. The van der Waals surface area contributed by atoms with Crippen LogP contribution in [-0.2, 0) is 39.1 Å². The topological polar surface area (TPSA) is 7.76 Å². The van der Waals surface area contributed by atoms with E-state index in [2.05, 4.69) is 89.7 Å². The predicted molar refractivity (Wildman–Crippen MR) is 118 cm³/mol. The van der Waals surface area contributed by atoms with E-state index in [1.807, 2.05) is 34.4 Å². The van der Waals surface area contributed by atoms with Crippen LogP contribution in [0.1, 0.15) is 46.0 Å². The Hall–Kier alpha value is 1.82. The molecule has 2 nitrogen and oxygen atoms in total. The molecule has 3 atom stereocenters. The van der Waals surface area contributed by atoms with E-state index in [9.17, 15) is 0 Å². The summed E-state index contributed by atoms with van der Waals surface area (Å²) in [5.41, 5.74) is 2.70. The minimum atomic E-state index is 0. The molecule has 2 aromatic heterocycles. The van der Waals surface area contributed by atoms with Crippen molar-refractivity contribution in [2.24, 2.45) is 0 Å². The van der Waals surface area contributed by atoms with Crippen LogP contribution in [0.4, 0.5) is 0 Å². The zero-order chi connectivity index (χ0) is 19.0. The van der Waals surface area contributed by atoms with E-state index in [-0.39, 0.29) is 70.4 Å². The number of rotatable bonds is 0. The standard InChI is InChI=1S/C13H13N2.2C2H6.CH6P2.CH5P.Ar.Y/c1-11-14-8-4-2-6-12(14)10-13-7-3-5-9-15(11)13;2*1-2;1-3-2;1-2;;/h2-9H,10H2,1H3;2*1-2H3;3H,2H2,1H3;2H2,1H3;;/q+1;;;;;;. The maximum atomic E-state index is 2.61. The minimum absolute atomic E-state index is 0. The maximum Gasteiger partial charge on any atom is 0.351 e. The van der Waals surface area contributed by atoms with E-state index in [0.29, 0.717) is 0 Å². The van der Waals surface area contributed by atoms with E-state index < -0.39 is 0 Å². The second-order valence-corrected chi connectivity index (χ2v) is 6.45. The van der Waals surface area contributed by atoms with Gasteiger partial charge in [0, 0.05) is 70.4 Å². The fourth-order valence-corrected chi connectivity index (χ4v) is 2.18. The molecule has 1 aliphatic rings. The van der Waals surface area contributed by atoms with Gasteiger partial charge in [0.2, 0.25) is 0 Å². The molecule has 0 aliphatic carbocycles. The third-order valence-corrected chi connectivity index (χ3v) is 2.95. The maximum absolute atomic E-state index is 2.61. The molecule has 26 heavy (non-hydrogen) atoms. The summed E-state index contributed by atoms with van der Waals surface area (Å²) in [6.07, 6.45) is 6.48. The van der Waals surface area contributed by atoms with Crippen LogP contribution in [0.5, 0.6) is 0 Å². The van der Waals surface area contributed by atoms with E-state index >= 15 is 0 Å². The number of aromatic nitrogens is 2. The van der Waals surface area contributed by atoms with E-state index in [4.69, 9.17) is 0 Å². The molecule has 0 N–H and O–H groups in total. The molecule has 0 spiro atoms. The number of nitrogens with zero attached hydrogens (tertiary/aromatic N) is 2. The van der Waals surface area contributed by atoms with Gasteiger partial charge in [0.25, 0.3) is 0 Å². The number of pyridine rings is 2. The first kappa shape index (κ1) is 35.3. The minimum Gasteiger partial charge on any atom is -0.209 e. The fourth-order valence-electron chi connectivity index (χ4n) is 2.18. The van der Waals surface area contributed by atoms with Crippen molar-refractivity contribution in [1.29, 1.82) is 0 Å². The molecule has 1 aliphatic heterocycles. The zero-order valence-corrected chi connectivity index (χ0v) is 24.2. The first-order chi connectivity index (χ1) is 11.8. The molecule has 3 unspecified atom stereocenters. The van der Waals surface area contributed by atoms with Crippen molar-refractivity contribution in [1.82, 2.24) is 0 Å². The molecule has 3 heterocycles. The van der Waals surface area contributed by atoms with Crippen LogP contribution in [0.25, 0.3) is 0 Å². The van der Waals surface area contributed by atoms with Gasteiger partial charge in [-0.2, -0.15) is 0 Å². The van der Waals surface area contributed by atoms with Crippen molar-refractivity contribution in [3.8, 4) is 0 Å². The van der Waals surface area contributed by atoms with E-state index in [1.54, 1.807) is 0 Å². The average molecular weight is 514 g/mol. The van der Waals surface area contributed by atoms with Gasteiger partial charge in [0.1, 0.15) is 23.8 Å². The summed E-state index contributed by atoms with van der Waals surface area (Å²) in [5.74, 6) is 0. The average Bonchev–Trinajstić information content (AvgIpc) is 2.68. The van der Waals surface area contributed by atoms with Crippen LogP contribution < -0.4 is 9.13 Å². The van der Waals surface area contributed by atoms with Crippen molar-refractivity contribution in [2.45, 2.75) is 41.0 Å². The van der Waals surface area contributed by atoms with Gasteiger partial charge in [0.05, 0.1) is 13.3 Å². The van der Waals surface area contributed by atoms with Crippen molar-refractivity contribution in [3.63, 3.8) is 0 Å². The molecule has 0 amide bonds. The summed E-state index contributed by atoms with van der Waals surface area (Å²) in [7, 11) is 6.02. The van der Waals surface area contributed by atoms with Crippen molar-refractivity contribution in [2.75, 3.05) is 13.3 Å². The Bertz CT molecular complexity index is 500. The van der Waals surface area contributed by atoms with Gasteiger partial charge in [-0.15, -0.1) is 26.4 Å². The molecule has 0 aromatic carbocycles. The van der Waals surface area contributed by atoms with Gasteiger partial charge < -0.3 is 0 Å². The monoisotopic (exact) mass is 514 g/mol. The smallest absolute Gasteiger partial charge is 0.209 e. The van der Waals surface area contributed by atoms with Crippen molar-refractivity contribution < 1.29 is 79.6 Å². The molecular weight excluding hydrogens is 478 g/mol. The summed E-state index contributed by atoms with van der Waals surface area (Å²) in [5, 5.41) is 0. The molecule has 0 saturated heterocycles. The Morgan fingerprint density at radius 3 is 1.50 bits per heavy atom. The number of hydrogen-bond donors (Lipinski definition) is 0. The Morgan fingerprint density at radius 2 is 1.19 bits per heavy atom. The second kappa shape index (κ2) is 24.9. The van der Waals surface area contributed by atoms with Crippen molar-refractivity contribution >= 4 is 26.4 Å². The van der Waals surface area contributed by atoms with Crippen LogP contribution in [0.3, 0.4) is 0 Å². The quantitative estimate of drug-likeness (QED) is 0.274. The molecule has 1 radical (unpaired) electrons. The Kier molecular flexibility index (Phi) is 33.7. The van der Waals surface area contributed by atoms with Crippen LogP contribution in [0, 0.1) is 43.9 Å². The molecular formula is C19H36ArN2P3Y+. The summed E-state index contributed by atoms with van der Waals surface area (Å²) >= 11 is 0. The van der Waals surface area contributed by atoms with Crippen LogP contribution in [-0.4, -0.2) is 13.3 Å². The summed E-state index contributed by atoms with van der Waals surface area (Å²) in [6, 6.07) is 12.7. The van der Waals surface area contributed by atoms with Crippen LogP contribution in [0.15, 0.2) is 48.8 Å². The molecule has 0 saturated carbocycles. The van der Waals surface area contributed by atoms with Gasteiger partial charge in [-0.1, -0.05) is 46.5 Å². The third-order valence-electron chi connectivity index (χ3n) is 2.95. The van der Waals surface area contributed by atoms with Gasteiger partial charge in [0.15, 0.2) is 0 Å². The van der Waals surface area contributed by atoms with Crippen LogP contribution >= 0.6 is 26.4 Å². The van der Waals surface area contributed by atoms with Gasteiger partial charge >= 0.3 is 6.17 Å². The second-order valence-electron chi connectivity index (χ2n) is 4.14. The van der Waals surface area contributed by atoms with E-state index in [1.165, 1.54) is 17.6 Å². The molecule has 7 heteroatoms. The third kappa shape index (κ3) is 12.4. The van der Waals surface area contributed by atoms with E-state index in [0.717, 1.165) is 14.7 Å². The largest absolute Gasteiger partial charge is 0.351 e. The number of fused-ring (bicyclic) bond motifs is 2. The molecule has 0 bridgehead atoms. The molecule has 147 valence electrons. The zero-order valence-electron chi connectivity index (χ0n) is 17.3. The van der Waals surface area contributed by atoms with Gasteiger partial charge in [-0.25, -0.2) is 9.13 Å². The van der Waals surface area contributed by atoms with Gasteiger partial charge in [-0.3, -0.25) is 0 Å². The van der Waals surface area contributed by atoms with Gasteiger partial charge in [-0.05, 0) is 30.9 Å². The first-order valence-electron chi connectivity index (χ1n) is 8.56. The Morgan fingerprint density at radius 1 is 0.885 bits per heavy atom. The first-order valence-corrected chi connectivity index (χ1v) is 13.0. The Labute approximate surface area is 224 Å².